The van der Waals surface area contributed by atoms with Crippen LogP contribution in [0.25, 0.3) is 11.0 Å². The lowest BCUT2D eigenvalue weighted by Crippen LogP contribution is -2.42. The summed E-state index contributed by atoms with van der Waals surface area (Å²) in [6.07, 6.45) is 2.03. The van der Waals surface area contributed by atoms with Crippen LogP contribution in [-0.2, 0) is 22.0 Å². The molecule has 3 rings (SSSR count). The zero-order valence-electron chi connectivity index (χ0n) is 25.6. The molecular formula is C31H42F2N2O5Si. The monoisotopic (exact) mass is 588 g/mol. The molecule has 0 aliphatic heterocycles. The van der Waals surface area contributed by atoms with Crippen LogP contribution in [0.4, 0.5) is 8.78 Å². The standard InChI is InChI=1S/C31H42F2N2O5Si/c1-10-39-30(37)24-17-35(26(19(2)3)18-40-41(8,9)31(4,5)6)28-23(27(24)36)15-21(29(34-28)38-7)12-11-20-13-14-22(32)16-25(20)33/h13-17,19,26H,10-12,18H2,1-9H3/t26-/m1/s1. The van der Waals surface area contributed by atoms with E-state index in [-0.39, 0.29) is 53.3 Å². The largest absolute Gasteiger partial charge is 0.481 e. The number of hydrogen-bond donors (Lipinski definition) is 0. The molecule has 0 radical (unpaired) electrons. The summed E-state index contributed by atoms with van der Waals surface area (Å²) in [5.41, 5.74) is 0.641. The molecule has 2 heterocycles. The van der Waals surface area contributed by atoms with Crippen LogP contribution >= 0.6 is 0 Å². The summed E-state index contributed by atoms with van der Waals surface area (Å²) in [4.78, 5) is 31.3. The Kier molecular flexibility index (Phi) is 10.1. The smallest absolute Gasteiger partial charge is 0.343 e. The van der Waals surface area contributed by atoms with E-state index in [2.05, 4.69) is 47.7 Å². The van der Waals surface area contributed by atoms with Crippen LogP contribution in [-0.4, -0.2) is 44.2 Å². The molecule has 0 bridgehead atoms. The van der Waals surface area contributed by atoms with Crippen molar-refractivity contribution in [1.29, 1.82) is 0 Å². The first-order valence-corrected chi connectivity index (χ1v) is 16.9. The molecule has 0 unspecified atom stereocenters. The summed E-state index contributed by atoms with van der Waals surface area (Å²) in [7, 11) is -0.639. The van der Waals surface area contributed by atoms with Crippen LogP contribution in [0.1, 0.15) is 69.1 Å². The Bertz CT molecular complexity index is 1460. The number of nitrogens with zero attached hydrogens (tertiary/aromatic N) is 2. The Morgan fingerprint density at radius 3 is 2.32 bits per heavy atom. The zero-order chi connectivity index (χ0) is 30.7. The molecule has 0 fully saturated rings. The van der Waals surface area contributed by atoms with Gasteiger partial charge in [-0.05, 0) is 61.5 Å². The maximum absolute atomic E-state index is 14.3. The number of carbonyl (C=O) groups excluding carboxylic acids is 1. The van der Waals surface area contributed by atoms with E-state index in [1.54, 1.807) is 13.0 Å². The first-order chi connectivity index (χ1) is 19.1. The molecule has 0 aliphatic rings. The van der Waals surface area contributed by atoms with Gasteiger partial charge in [-0.3, -0.25) is 4.79 Å². The van der Waals surface area contributed by atoms with Gasteiger partial charge in [0.25, 0.3) is 0 Å². The lowest BCUT2D eigenvalue weighted by Gasteiger charge is -2.38. The van der Waals surface area contributed by atoms with Gasteiger partial charge in [-0.25, -0.2) is 13.6 Å². The zero-order valence-corrected chi connectivity index (χ0v) is 26.6. The van der Waals surface area contributed by atoms with Gasteiger partial charge in [0.2, 0.25) is 11.3 Å². The van der Waals surface area contributed by atoms with Crippen LogP contribution in [0.15, 0.2) is 35.3 Å². The normalized spacial score (nSPS) is 13.1. The minimum absolute atomic E-state index is 0.00337. The lowest BCUT2D eigenvalue weighted by atomic mass is 10.0. The summed E-state index contributed by atoms with van der Waals surface area (Å²) in [6.45, 7) is 17.1. The number of rotatable bonds is 11. The van der Waals surface area contributed by atoms with Gasteiger partial charge in [0.05, 0.1) is 31.8 Å². The SMILES string of the molecule is CCOC(=O)c1cn([C@H](CO[Si](C)(C)C(C)(C)C)C(C)C)c2nc(OC)c(CCc3ccc(F)cc3F)cc2c1=O. The van der Waals surface area contributed by atoms with Crippen molar-refractivity contribution in [2.24, 2.45) is 5.92 Å². The number of aromatic nitrogens is 2. The van der Waals surface area contributed by atoms with Crippen LogP contribution < -0.4 is 10.2 Å². The summed E-state index contributed by atoms with van der Waals surface area (Å²) in [6, 6.07) is 4.84. The Labute approximate surface area is 242 Å². The fraction of sp³-hybridized carbons (Fsp3) is 0.516. The van der Waals surface area contributed by atoms with Gasteiger partial charge in [0, 0.05) is 17.8 Å². The summed E-state index contributed by atoms with van der Waals surface area (Å²) in [5, 5.41) is 0.222. The third-order valence-corrected chi connectivity index (χ3v) is 12.5. The van der Waals surface area contributed by atoms with E-state index in [0.29, 0.717) is 23.4 Å². The topological polar surface area (TPSA) is 79.7 Å². The Morgan fingerprint density at radius 1 is 1.10 bits per heavy atom. The molecule has 1 atom stereocenters. The highest BCUT2D eigenvalue weighted by Gasteiger charge is 2.38. The van der Waals surface area contributed by atoms with Crippen LogP contribution in [0, 0.1) is 17.6 Å². The lowest BCUT2D eigenvalue weighted by molar-refractivity contribution is 0.0523. The van der Waals surface area contributed by atoms with E-state index < -0.39 is 31.3 Å². The second-order valence-electron chi connectivity index (χ2n) is 12.1. The Morgan fingerprint density at radius 2 is 1.76 bits per heavy atom. The third-order valence-electron chi connectivity index (χ3n) is 7.96. The predicted molar refractivity (Wildman–Crippen MR) is 159 cm³/mol. The number of pyridine rings is 2. The number of ether oxygens (including phenoxy) is 2. The van der Waals surface area contributed by atoms with Crippen molar-refractivity contribution >= 4 is 25.3 Å². The molecule has 10 heteroatoms. The van der Waals surface area contributed by atoms with Crippen molar-refractivity contribution in [3.63, 3.8) is 0 Å². The number of hydrogen-bond acceptors (Lipinski definition) is 6. The van der Waals surface area contributed by atoms with E-state index in [9.17, 15) is 18.4 Å². The fourth-order valence-corrected chi connectivity index (χ4v) is 5.38. The van der Waals surface area contributed by atoms with Crippen molar-refractivity contribution in [3.8, 4) is 5.88 Å². The van der Waals surface area contributed by atoms with Crippen molar-refractivity contribution < 1.29 is 27.5 Å². The van der Waals surface area contributed by atoms with Gasteiger partial charge in [-0.15, -0.1) is 0 Å². The number of fused-ring (bicyclic) bond motifs is 1. The van der Waals surface area contributed by atoms with E-state index in [0.717, 1.165) is 6.07 Å². The minimum Gasteiger partial charge on any atom is -0.481 e. The molecule has 0 saturated heterocycles. The van der Waals surface area contributed by atoms with Crippen molar-refractivity contribution in [2.45, 2.75) is 78.6 Å². The van der Waals surface area contributed by atoms with Gasteiger partial charge in [-0.1, -0.05) is 40.7 Å². The molecule has 224 valence electrons. The van der Waals surface area contributed by atoms with E-state index >= 15 is 0 Å². The second kappa shape index (κ2) is 12.8. The van der Waals surface area contributed by atoms with E-state index in [1.165, 1.54) is 25.4 Å². The number of halogens is 2. The Hall–Kier alpha value is -3.11. The highest BCUT2D eigenvalue weighted by Crippen LogP contribution is 2.38. The average molecular weight is 589 g/mol. The fourth-order valence-electron chi connectivity index (χ4n) is 4.36. The van der Waals surface area contributed by atoms with E-state index in [1.807, 2.05) is 4.57 Å². The molecule has 7 nitrogen and oxygen atoms in total. The highest BCUT2D eigenvalue weighted by atomic mass is 28.4. The second-order valence-corrected chi connectivity index (χ2v) is 17.0. The van der Waals surface area contributed by atoms with E-state index in [4.69, 9.17) is 18.9 Å². The summed E-state index contributed by atoms with van der Waals surface area (Å²) >= 11 is 0. The average Bonchev–Trinajstić information content (AvgIpc) is 2.88. The third kappa shape index (κ3) is 7.21. The van der Waals surface area contributed by atoms with Gasteiger partial charge in [0.15, 0.2) is 8.32 Å². The summed E-state index contributed by atoms with van der Waals surface area (Å²) < 4.78 is 46.9. The number of esters is 1. The van der Waals surface area contributed by atoms with Gasteiger partial charge < -0.3 is 18.5 Å². The van der Waals surface area contributed by atoms with Gasteiger partial charge in [0.1, 0.15) is 22.8 Å². The van der Waals surface area contributed by atoms with Crippen LogP contribution in [0.3, 0.4) is 0 Å². The minimum atomic E-state index is -2.12. The van der Waals surface area contributed by atoms with Gasteiger partial charge >= 0.3 is 5.97 Å². The van der Waals surface area contributed by atoms with Crippen LogP contribution in [0.2, 0.25) is 18.1 Å². The first kappa shape index (κ1) is 32.4. The molecular weight excluding hydrogens is 546 g/mol. The number of methoxy groups -OCH3 is 1. The maximum Gasteiger partial charge on any atom is 0.343 e. The molecule has 0 N–H and O–H groups in total. The summed E-state index contributed by atoms with van der Waals surface area (Å²) in [5.74, 6) is -1.67. The van der Waals surface area contributed by atoms with Crippen LogP contribution in [0.5, 0.6) is 5.88 Å². The number of carbonyl (C=O) groups is 1. The molecule has 41 heavy (non-hydrogen) atoms. The Balaban J connectivity index is 2.19. The van der Waals surface area contributed by atoms with Gasteiger partial charge in [-0.2, -0.15) is 4.98 Å². The first-order valence-electron chi connectivity index (χ1n) is 14.0. The van der Waals surface area contributed by atoms with Crippen molar-refractivity contribution in [1.82, 2.24) is 9.55 Å². The quantitative estimate of drug-likeness (QED) is 0.180. The molecule has 0 saturated carbocycles. The molecule has 0 spiro atoms. The predicted octanol–water partition coefficient (Wildman–Crippen LogP) is 6.86. The number of aryl methyl sites for hydroxylation is 2. The van der Waals surface area contributed by atoms with Crippen molar-refractivity contribution in [3.05, 3.63) is 69.0 Å². The molecule has 0 amide bonds. The molecule has 3 aromatic rings. The maximum atomic E-state index is 14.3. The number of benzene rings is 1. The molecule has 0 aliphatic carbocycles. The molecule has 1 aromatic carbocycles. The van der Waals surface area contributed by atoms with Crippen molar-refractivity contribution in [2.75, 3.05) is 20.3 Å². The highest BCUT2D eigenvalue weighted by molar-refractivity contribution is 6.74. The molecule has 2 aromatic heterocycles.